The normalized spacial score (nSPS) is 17.0. The Morgan fingerprint density at radius 1 is 1.22 bits per heavy atom. The molecule has 3 rings (SSSR count). The van der Waals surface area contributed by atoms with Gasteiger partial charge in [0, 0.05) is 10.0 Å². The second-order valence-electron chi connectivity index (χ2n) is 5.47. The molecule has 0 atom stereocenters. The van der Waals surface area contributed by atoms with E-state index >= 15 is 0 Å². The molecule has 7 heteroatoms. The van der Waals surface area contributed by atoms with Gasteiger partial charge in [-0.2, -0.15) is 0 Å². The lowest BCUT2D eigenvalue weighted by Gasteiger charge is -2.03. The molecular formula is C20H15Cl2NO3S. The number of nitrogens with zero attached hydrogens (tertiary/aromatic N) is 1. The summed E-state index contributed by atoms with van der Waals surface area (Å²) in [6, 6.07) is 14.2. The number of halogens is 2. The highest BCUT2D eigenvalue weighted by atomic mass is 35.5. The van der Waals surface area contributed by atoms with E-state index in [0.717, 1.165) is 0 Å². The van der Waals surface area contributed by atoms with Gasteiger partial charge in [0.05, 0.1) is 17.2 Å². The molecule has 0 amide bonds. The van der Waals surface area contributed by atoms with Crippen molar-refractivity contribution < 1.29 is 14.6 Å². The van der Waals surface area contributed by atoms with Crippen molar-refractivity contribution in [3.63, 3.8) is 0 Å². The maximum Gasteiger partial charge on any atom is 0.344 e. The fraction of sp³-hybridized carbons (Fsp3) is 0.100. The summed E-state index contributed by atoms with van der Waals surface area (Å²) in [4.78, 5) is 17.3. The first-order valence-corrected chi connectivity index (χ1v) is 9.66. The zero-order chi connectivity index (χ0) is 19.4. The van der Waals surface area contributed by atoms with Crippen LogP contribution < -0.4 is 0 Å². The summed E-state index contributed by atoms with van der Waals surface area (Å²) in [5.74, 6) is -0.804. The second-order valence-corrected chi connectivity index (χ2v) is 7.35. The summed E-state index contributed by atoms with van der Waals surface area (Å²) in [7, 11) is 0. The number of para-hydroxylation sites is 1. The van der Waals surface area contributed by atoms with E-state index < -0.39 is 5.97 Å². The summed E-state index contributed by atoms with van der Waals surface area (Å²) in [6.45, 7) is 1.90. The second kappa shape index (κ2) is 8.65. The minimum atomic E-state index is -0.622. The first-order valence-electron chi connectivity index (χ1n) is 8.09. The molecule has 4 nitrogen and oxygen atoms in total. The van der Waals surface area contributed by atoms with Gasteiger partial charge in [-0.15, -0.1) is 0 Å². The predicted octanol–water partition coefficient (Wildman–Crippen LogP) is 6.19. The van der Waals surface area contributed by atoms with Gasteiger partial charge < -0.3 is 9.84 Å². The number of carbonyl (C=O) groups excluding carboxylic acids is 1. The van der Waals surface area contributed by atoms with Crippen molar-refractivity contribution in [1.29, 1.82) is 0 Å². The van der Waals surface area contributed by atoms with Gasteiger partial charge in [0.15, 0.2) is 0 Å². The van der Waals surface area contributed by atoms with E-state index in [2.05, 4.69) is 4.99 Å². The van der Waals surface area contributed by atoms with Crippen LogP contribution in [0.25, 0.3) is 6.08 Å². The van der Waals surface area contributed by atoms with E-state index in [-0.39, 0.29) is 17.9 Å². The van der Waals surface area contributed by atoms with Crippen molar-refractivity contribution in [3.8, 4) is 0 Å². The van der Waals surface area contributed by atoms with E-state index in [1.807, 2.05) is 30.3 Å². The maximum atomic E-state index is 12.4. The van der Waals surface area contributed by atoms with E-state index in [9.17, 15) is 9.90 Å². The van der Waals surface area contributed by atoms with Crippen LogP contribution in [-0.4, -0.2) is 22.7 Å². The van der Waals surface area contributed by atoms with Crippen LogP contribution in [0.2, 0.25) is 10.0 Å². The van der Waals surface area contributed by atoms with Crippen LogP contribution in [0.1, 0.15) is 12.5 Å². The Kier molecular flexibility index (Phi) is 6.26. The van der Waals surface area contributed by atoms with Crippen molar-refractivity contribution >= 4 is 57.7 Å². The minimum Gasteiger partial charge on any atom is -0.506 e. The van der Waals surface area contributed by atoms with Gasteiger partial charge in [0.25, 0.3) is 0 Å². The van der Waals surface area contributed by atoms with E-state index in [0.29, 0.717) is 31.2 Å². The molecule has 0 spiro atoms. The topological polar surface area (TPSA) is 58.9 Å². The van der Waals surface area contributed by atoms with Crippen molar-refractivity contribution in [1.82, 2.24) is 0 Å². The molecule has 0 aromatic heterocycles. The SMILES string of the molecule is CCOC(=O)C1=C(O)/C(=C/c2ccc(Cl)cc2Cl)SC1=Nc1ccccc1. The van der Waals surface area contributed by atoms with Crippen LogP contribution in [0.5, 0.6) is 0 Å². The van der Waals surface area contributed by atoms with Gasteiger partial charge >= 0.3 is 5.97 Å². The first kappa shape index (κ1) is 19.5. The molecule has 0 saturated carbocycles. The zero-order valence-electron chi connectivity index (χ0n) is 14.3. The van der Waals surface area contributed by atoms with E-state index in [1.54, 1.807) is 31.2 Å². The Hall–Kier alpha value is -2.21. The minimum absolute atomic E-state index is 0.0436. The molecule has 0 aliphatic carbocycles. The summed E-state index contributed by atoms with van der Waals surface area (Å²) in [5, 5.41) is 12.0. The lowest BCUT2D eigenvalue weighted by atomic mass is 10.1. The average Bonchev–Trinajstić information content (AvgIpc) is 2.93. The Bertz CT molecular complexity index is 968. The molecular weight excluding hydrogens is 405 g/mol. The summed E-state index contributed by atoms with van der Waals surface area (Å²) >= 11 is 13.3. The average molecular weight is 420 g/mol. The number of thioether (sulfide) groups is 1. The quantitative estimate of drug-likeness (QED) is 0.600. The van der Waals surface area contributed by atoms with Crippen molar-refractivity contribution in [2.75, 3.05) is 6.61 Å². The fourth-order valence-corrected chi connectivity index (χ4v) is 3.86. The van der Waals surface area contributed by atoms with Gasteiger partial charge in [0.2, 0.25) is 0 Å². The highest BCUT2D eigenvalue weighted by Gasteiger charge is 2.33. The molecule has 1 heterocycles. The van der Waals surface area contributed by atoms with Crippen LogP contribution in [-0.2, 0) is 9.53 Å². The van der Waals surface area contributed by atoms with Crippen LogP contribution >= 0.6 is 35.0 Å². The number of esters is 1. The number of carbonyl (C=O) groups is 1. The molecule has 1 N–H and O–H groups in total. The van der Waals surface area contributed by atoms with Gasteiger partial charge in [-0.25, -0.2) is 9.79 Å². The number of hydrogen-bond acceptors (Lipinski definition) is 5. The lowest BCUT2D eigenvalue weighted by Crippen LogP contribution is -2.12. The molecule has 0 unspecified atom stereocenters. The third-order valence-corrected chi connectivity index (χ3v) is 5.19. The third-order valence-electron chi connectivity index (χ3n) is 3.61. The number of hydrogen-bond donors (Lipinski definition) is 1. The van der Waals surface area contributed by atoms with Crippen molar-refractivity contribution in [3.05, 3.63) is 80.4 Å². The third kappa shape index (κ3) is 4.56. The molecule has 1 aliphatic rings. The molecule has 0 fully saturated rings. The largest absolute Gasteiger partial charge is 0.506 e. The molecule has 0 bridgehead atoms. The number of ether oxygens (including phenoxy) is 1. The van der Waals surface area contributed by atoms with Crippen molar-refractivity contribution in [2.24, 2.45) is 4.99 Å². The molecule has 1 aliphatic heterocycles. The van der Waals surface area contributed by atoms with Crippen LogP contribution in [0.4, 0.5) is 5.69 Å². The molecule has 0 saturated heterocycles. The summed E-state index contributed by atoms with van der Waals surface area (Å²) < 4.78 is 5.08. The number of aliphatic hydroxyl groups is 1. The smallest absolute Gasteiger partial charge is 0.344 e. The zero-order valence-corrected chi connectivity index (χ0v) is 16.6. The number of benzene rings is 2. The molecule has 138 valence electrons. The highest BCUT2D eigenvalue weighted by molar-refractivity contribution is 8.18. The monoisotopic (exact) mass is 419 g/mol. The summed E-state index contributed by atoms with van der Waals surface area (Å²) in [6.07, 6.45) is 1.69. The lowest BCUT2D eigenvalue weighted by molar-refractivity contribution is -0.138. The van der Waals surface area contributed by atoms with Gasteiger partial charge in [-0.3, -0.25) is 0 Å². The molecule has 0 radical (unpaired) electrons. The van der Waals surface area contributed by atoms with Gasteiger partial charge in [-0.05, 0) is 42.8 Å². The van der Waals surface area contributed by atoms with Gasteiger partial charge in [0.1, 0.15) is 16.4 Å². The number of aliphatic hydroxyl groups excluding tert-OH is 1. The van der Waals surface area contributed by atoms with E-state index in [1.165, 1.54) is 11.8 Å². The standard InChI is InChI=1S/C20H15Cl2NO3S/c1-2-26-20(25)17-18(24)16(10-12-8-9-13(21)11-15(12)22)27-19(17)23-14-6-4-3-5-7-14/h3-11,24H,2H2,1H3/b16-10-,23-19?. The Balaban J connectivity index is 2.06. The van der Waals surface area contributed by atoms with Gasteiger partial charge in [-0.1, -0.05) is 59.2 Å². The molecule has 2 aromatic rings. The molecule has 2 aromatic carbocycles. The van der Waals surface area contributed by atoms with E-state index in [4.69, 9.17) is 27.9 Å². The highest BCUT2D eigenvalue weighted by Crippen LogP contribution is 2.41. The fourth-order valence-electron chi connectivity index (χ4n) is 2.37. The molecule has 27 heavy (non-hydrogen) atoms. The number of rotatable bonds is 4. The van der Waals surface area contributed by atoms with Crippen molar-refractivity contribution in [2.45, 2.75) is 6.92 Å². The Morgan fingerprint density at radius 2 is 1.96 bits per heavy atom. The first-order chi connectivity index (χ1) is 13.0. The summed E-state index contributed by atoms with van der Waals surface area (Å²) in [5.41, 5.74) is 1.38. The van der Waals surface area contributed by atoms with Crippen LogP contribution in [0.15, 0.2) is 69.8 Å². The van der Waals surface area contributed by atoms with Crippen LogP contribution in [0.3, 0.4) is 0 Å². The Labute approximate surface area is 171 Å². The Morgan fingerprint density at radius 3 is 2.63 bits per heavy atom. The maximum absolute atomic E-state index is 12.4. The number of aliphatic imine (C=N–C) groups is 1. The predicted molar refractivity (Wildman–Crippen MR) is 112 cm³/mol. The van der Waals surface area contributed by atoms with Crippen LogP contribution in [0, 0.1) is 0 Å².